The molecule has 26 heavy (non-hydrogen) atoms. The van der Waals surface area contributed by atoms with E-state index in [0.717, 1.165) is 44.2 Å². The number of morpholine rings is 1. The van der Waals surface area contributed by atoms with Crippen LogP contribution in [0.2, 0.25) is 0 Å². The highest BCUT2D eigenvalue weighted by Gasteiger charge is 2.14. The number of nitrogens with one attached hydrogen (secondary N) is 1. The molecule has 0 unspecified atom stereocenters. The summed E-state index contributed by atoms with van der Waals surface area (Å²) in [7, 11) is 0. The van der Waals surface area contributed by atoms with Gasteiger partial charge in [0.05, 0.1) is 26.4 Å². The van der Waals surface area contributed by atoms with Crippen LogP contribution in [0.25, 0.3) is 0 Å². The number of carbonyl (C=O) groups is 1. The fraction of sp³-hybridized carbons (Fsp3) is 0.350. The summed E-state index contributed by atoms with van der Waals surface area (Å²) in [5.74, 6) is 1.24. The normalized spacial score (nSPS) is 16.7. The molecule has 0 atom stereocenters. The maximum absolute atomic E-state index is 12.5. The highest BCUT2D eigenvalue weighted by Crippen LogP contribution is 2.32. The van der Waals surface area contributed by atoms with Crippen LogP contribution in [0.4, 0.5) is 11.4 Å². The maximum atomic E-state index is 12.5. The van der Waals surface area contributed by atoms with Gasteiger partial charge >= 0.3 is 0 Å². The summed E-state index contributed by atoms with van der Waals surface area (Å²) >= 11 is 0. The van der Waals surface area contributed by atoms with Crippen LogP contribution in [0.1, 0.15) is 16.8 Å². The Balaban J connectivity index is 1.43. The molecule has 4 rings (SSSR count). The summed E-state index contributed by atoms with van der Waals surface area (Å²) in [4.78, 5) is 14.8. The van der Waals surface area contributed by atoms with E-state index in [1.165, 1.54) is 0 Å². The van der Waals surface area contributed by atoms with Crippen molar-refractivity contribution in [3.8, 4) is 11.5 Å². The average molecular weight is 354 g/mol. The molecule has 0 aromatic heterocycles. The van der Waals surface area contributed by atoms with Gasteiger partial charge < -0.3 is 24.4 Å². The molecular weight excluding hydrogens is 332 g/mol. The van der Waals surface area contributed by atoms with Crippen molar-refractivity contribution in [3.05, 3.63) is 48.0 Å². The molecule has 1 amide bonds. The molecule has 0 saturated carbocycles. The molecule has 0 radical (unpaired) electrons. The number of nitrogens with zero attached hydrogens (tertiary/aromatic N) is 1. The van der Waals surface area contributed by atoms with Gasteiger partial charge in [-0.2, -0.15) is 0 Å². The standard InChI is InChI=1S/C20H22N2O4/c23-20(15-2-5-17(6-3-15)22-8-12-24-13-9-22)21-16-4-7-18-19(14-16)26-11-1-10-25-18/h2-7,14H,1,8-13H2,(H,21,23). The third-order valence-corrected chi connectivity index (χ3v) is 4.51. The molecule has 2 heterocycles. The molecule has 1 saturated heterocycles. The Hall–Kier alpha value is -2.73. The summed E-state index contributed by atoms with van der Waals surface area (Å²) in [6, 6.07) is 13.1. The number of amides is 1. The highest BCUT2D eigenvalue weighted by molar-refractivity contribution is 6.04. The third-order valence-electron chi connectivity index (χ3n) is 4.51. The van der Waals surface area contributed by atoms with E-state index in [4.69, 9.17) is 14.2 Å². The first-order valence-electron chi connectivity index (χ1n) is 8.93. The molecule has 2 aliphatic rings. The van der Waals surface area contributed by atoms with Crippen molar-refractivity contribution in [2.75, 3.05) is 49.7 Å². The molecule has 1 fully saturated rings. The fourth-order valence-corrected chi connectivity index (χ4v) is 3.09. The van der Waals surface area contributed by atoms with Crippen molar-refractivity contribution in [3.63, 3.8) is 0 Å². The van der Waals surface area contributed by atoms with E-state index in [1.807, 2.05) is 36.4 Å². The largest absolute Gasteiger partial charge is 0.490 e. The Labute approximate surface area is 152 Å². The molecule has 2 aliphatic heterocycles. The summed E-state index contributed by atoms with van der Waals surface area (Å²) < 4.78 is 16.7. The van der Waals surface area contributed by atoms with Gasteiger partial charge in [0.15, 0.2) is 11.5 Å². The quantitative estimate of drug-likeness (QED) is 0.918. The number of carbonyl (C=O) groups excluding carboxylic acids is 1. The first-order chi connectivity index (χ1) is 12.8. The zero-order chi connectivity index (χ0) is 17.8. The van der Waals surface area contributed by atoms with E-state index in [9.17, 15) is 4.79 Å². The van der Waals surface area contributed by atoms with E-state index in [0.29, 0.717) is 30.2 Å². The minimum absolute atomic E-state index is 0.145. The van der Waals surface area contributed by atoms with Crippen LogP contribution in [-0.4, -0.2) is 45.4 Å². The SMILES string of the molecule is O=C(Nc1ccc2c(c1)OCCCO2)c1ccc(N2CCOCC2)cc1. The Kier molecular flexibility index (Phi) is 4.93. The first-order valence-corrected chi connectivity index (χ1v) is 8.93. The number of hydrogen-bond acceptors (Lipinski definition) is 5. The predicted molar refractivity (Wildman–Crippen MR) is 99.5 cm³/mol. The van der Waals surface area contributed by atoms with Crippen molar-refractivity contribution in [2.24, 2.45) is 0 Å². The zero-order valence-corrected chi connectivity index (χ0v) is 14.6. The number of anilines is 2. The van der Waals surface area contributed by atoms with Crippen LogP contribution in [0.3, 0.4) is 0 Å². The lowest BCUT2D eigenvalue weighted by Crippen LogP contribution is -2.36. The highest BCUT2D eigenvalue weighted by atomic mass is 16.5. The van der Waals surface area contributed by atoms with Crippen LogP contribution in [-0.2, 0) is 4.74 Å². The molecule has 0 bridgehead atoms. The smallest absolute Gasteiger partial charge is 0.255 e. The second-order valence-corrected chi connectivity index (χ2v) is 6.31. The van der Waals surface area contributed by atoms with Gasteiger partial charge in [0.1, 0.15) is 0 Å². The average Bonchev–Trinajstić information content (AvgIpc) is 2.94. The van der Waals surface area contributed by atoms with Crippen molar-refractivity contribution < 1.29 is 19.0 Å². The molecule has 2 aromatic rings. The Morgan fingerprint density at radius 1 is 0.885 bits per heavy atom. The number of rotatable bonds is 3. The van der Waals surface area contributed by atoms with Gasteiger partial charge in [-0.15, -0.1) is 0 Å². The summed E-state index contributed by atoms with van der Waals surface area (Å²) in [5, 5.41) is 2.92. The number of fused-ring (bicyclic) bond motifs is 1. The number of hydrogen-bond donors (Lipinski definition) is 1. The van der Waals surface area contributed by atoms with E-state index < -0.39 is 0 Å². The molecule has 0 spiro atoms. The monoisotopic (exact) mass is 354 g/mol. The molecule has 0 aliphatic carbocycles. The molecule has 2 aromatic carbocycles. The lowest BCUT2D eigenvalue weighted by molar-refractivity contribution is 0.102. The van der Waals surface area contributed by atoms with Gasteiger partial charge in [0.25, 0.3) is 5.91 Å². The summed E-state index contributed by atoms with van der Waals surface area (Å²) in [6.45, 7) is 4.51. The topological polar surface area (TPSA) is 60.0 Å². The molecule has 6 nitrogen and oxygen atoms in total. The Morgan fingerprint density at radius 2 is 1.62 bits per heavy atom. The van der Waals surface area contributed by atoms with Crippen molar-refractivity contribution in [1.29, 1.82) is 0 Å². The predicted octanol–water partition coefficient (Wildman–Crippen LogP) is 2.94. The van der Waals surface area contributed by atoms with E-state index >= 15 is 0 Å². The van der Waals surface area contributed by atoms with Crippen LogP contribution in [0, 0.1) is 0 Å². The van der Waals surface area contributed by atoms with Gasteiger partial charge in [-0.05, 0) is 36.4 Å². The van der Waals surface area contributed by atoms with Gasteiger partial charge in [-0.25, -0.2) is 0 Å². The third kappa shape index (κ3) is 3.75. The second-order valence-electron chi connectivity index (χ2n) is 6.31. The summed E-state index contributed by atoms with van der Waals surface area (Å²) in [5.41, 5.74) is 2.42. The van der Waals surface area contributed by atoms with Crippen molar-refractivity contribution >= 4 is 17.3 Å². The van der Waals surface area contributed by atoms with E-state index in [1.54, 1.807) is 6.07 Å². The van der Waals surface area contributed by atoms with Gasteiger partial charge in [-0.3, -0.25) is 4.79 Å². The lowest BCUT2D eigenvalue weighted by atomic mass is 10.1. The minimum Gasteiger partial charge on any atom is -0.490 e. The number of ether oxygens (including phenoxy) is 3. The van der Waals surface area contributed by atoms with Crippen molar-refractivity contribution in [2.45, 2.75) is 6.42 Å². The maximum Gasteiger partial charge on any atom is 0.255 e. The first kappa shape index (κ1) is 16.7. The van der Waals surface area contributed by atoms with E-state index in [2.05, 4.69) is 10.2 Å². The lowest BCUT2D eigenvalue weighted by Gasteiger charge is -2.28. The molecule has 1 N–H and O–H groups in total. The number of benzene rings is 2. The van der Waals surface area contributed by atoms with Crippen LogP contribution < -0.4 is 19.7 Å². The van der Waals surface area contributed by atoms with Crippen molar-refractivity contribution in [1.82, 2.24) is 0 Å². The Bertz CT molecular complexity index is 770. The summed E-state index contributed by atoms with van der Waals surface area (Å²) in [6.07, 6.45) is 0.853. The fourth-order valence-electron chi connectivity index (χ4n) is 3.09. The van der Waals surface area contributed by atoms with Crippen LogP contribution in [0.15, 0.2) is 42.5 Å². The van der Waals surface area contributed by atoms with Gasteiger partial charge in [-0.1, -0.05) is 0 Å². The van der Waals surface area contributed by atoms with Crippen LogP contribution in [0.5, 0.6) is 11.5 Å². The second kappa shape index (κ2) is 7.66. The molecular formula is C20H22N2O4. The van der Waals surface area contributed by atoms with E-state index in [-0.39, 0.29) is 5.91 Å². The van der Waals surface area contributed by atoms with Gasteiger partial charge in [0, 0.05) is 42.5 Å². The van der Waals surface area contributed by atoms with Gasteiger partial charge in [0.2, 0.25) is 0 Å². The molecule has 136 valence electrons. The minimum atomic E-state index is -0.145. The Morgan fingerprint density at radius 3 is 2.38 bits per heavy atom. The zero-order valence-electron chi connectivity index (χ0n) is 14.6. The molecule has 6 heteroatoms. The van der Waals surface area contributed by atoms with Crippen LogP contribution >= 0.6 is 0 Å².